The van der Waals surface area contributed by atoms with Crippen LogP contribution in [0.1, 0.15) is 11.1 Å². The number of nitro benzene ring substituents is 1. The second kappa shape index (κ2) is 5.86. The van der Waals surface area contributed by atoms with Crippen molar-refractivity contribution in [1.29, 1.82) is 0 Å². The van der Waals surface area contributed by atoms with Gasteiger partial charge in [-0.25, -0.2) is 0 Å². The van der Waals surface area contributed by atoms with E-state index in [0.29, 0.717) is 22.6 Å². The fourth-order valence-electron chi connectivity index (χ4n) is 2.45. The van der Waals surface area contributed by atoms with E-state index in [4.69, 9.17) is 16.3 Å². The monoisotopic (exact) mass is 346 g/mol. The summed E-state index contributed by atoms with van der Waals surface area (Å²) in [4.78, 5) is 22.6. The maximum absolute atomic E-state index is 12.2. The van der Waals surface area contributed by atoms with Crippen LogP contribution in [0.3, 0.4) is 0 Å². The predicted molar refractivity (Wildman–Crippen MR) is 89.3 cm³/mol. The van der Waals surface area contributed by atoms with Crippen molar-refractivity contribution in [1.82, 2.24) is 0 Å². The normalized spacial score (nSPS) is 14.4. The van der Waals surface area contributed by atoms with Gasteiger partial charge in [0.05, 0.1) is 17.7 Å². The molecular weight excluding hydrogens is 336 g/mol. The molecule has 0 fully saturated rings. The lowest BCUT2D eigenvalue weighted by atomic mass is 10.0. The lowest BCUT2D eigenvalue weighted by Gasteiger charge is -2.04. The van der Waals surface area contributed by atoms with E-state index in [1.807, 2.05) is 0 Å². The number of hydrogen-bond donors (Lipinski definition) is 2. The number of nitrogens with one attached hydrogen (secondary N) is 1. The molecule has 122 valence electrons. The number of ether oxygens (including phenoxy) is 1. The Morgan fingerprint density at radius 3 is 2.71 bits per heavy atom. The number of fused-ring (bicyclic) bond motifs is 1. The summed E-state index contributed by atoms with van der Waals surface area (Å²) in [5.41, 5.74) is 1.29. The Morgan fingerprint density at radius 1 is 1.33 bits per heavy atom. The number of rotatable bonds is 3. The third kappa shape index (κ3) is 2.65. The van der Waals surface area contributed by atoms with Crippen LogP contribution in [0, 0.1) is 10.1 Å². The highest BCUT2D eigenvalue weighted by molar-refractivity contribution is 6.37. The van der Waals surface area contributed by atoms with E-state index in [0.717, 1.165) is 0 Å². The van der Waals surface area contributed by atoms with Gasteiger partial charge in [-0.3, -0.25) is 14.9 Å². The smallest absolute Gasteiger partial charge is 0.288 e. The molecule has 1 heterocycles. The quantitative estimate of drug-likeness (QED) is 0.503. The lowest BCUT2D eigenvalue weighted by Crippen LogP contribution is -2.03. The molecule has 0 atom stereocenters. The highest BCUT2D eigenvalue weighted by atomic mass is 35.5. The van der Waals surface area contributed by atoms with Gasteiger partial charge in [-0.05, 0) is 29.8 Å². The van der Waals surface area contributed by atoms with Crippen molar-refractivity contribution in [3.63, 3.8) is 0 Å². The van der Waals surface area contributed by atoms with Crippen molar-refractivity contribution in [2.45, 2.75) is 0 Å². The summed E-state index contributed by atoms with van der Waals surface area (Å²) in [6.45, 7) is 0. The third-order valence-electron chi connectivity index (χ3n) is 3.58. The number of benzene rings is 2. The van der Waals surface area contributed by atoms with Crippen molar-refractivity contribution in [2.24, 2.45) is 0 Å². The minimum absolute atomic E-state index is 0.0533. The predicted octanol–water partition coefficient (Wildman–Crippen LogP) is 3.46. The Hall–Kier alpha value is -3.06. The molecule has 1 aliphatic rings. The lowest BCUT2D eigenvalue weighted by molar-refractivity contribution is -0.384. The highest BCUT2D eigenvalue weighted by Gasteiger charge is 2.28. The zero-order valence-electron chi connectivity index (χ0n) is 12.4. The van der Waals surface area contributed by atoms with Gasteiger partial charge < -0.3 is 15.2 Å². The molecule has 3 rings (SSSR count). The zero-order chi connectivity index (χ0) is 17.4. The summed E-state index contributed by atoms with van der Waals surface area (Å²) in [6.07, 6.45) is 1.53. The Kier molecular flexibility index (Phi) is 3.86. The number of nitro groups is 1. The number of nitrogens with zero attached hydrogens (tertiary/aromatic N) is 1. The summed E-state index contributed by atoms with van der Waals surface area (Å²) < 4.78 is 4.96. The molecule has 1 aliphatic heterocycles. The molecule has 0 aromatic heterocycles. The molecule has 2 N–H and O–H groups in total. The van der Waals surface area contributed by atoms with Crippen molar-refractivity contribution < 1.29 is 19.6 Å². The number of hydrogen-bond acceptors (Lipinski definition) is 5. The van der Waals surface area contributed by atoms with Gasteiger partial charge in [0.25, 0.3) is 11.6 Å². The van der Waals surface area contributed by atoms with Crippen LogP contribution >= 0.6 is 11.6 Å². The van der Waals surface area contributed by atoms with Crippen molar-refractivity contribution in [3.8, 4) is 11.5 Å². The first-order valence-corrected chi connectivity index (χ1v) is 7.17. The standard InChI is InChI=1S/C16H11ClN2O5/c1-24-15-3-2-8(5-14(15)20)4-10-9-6-13(19(22)23)11(17)7-12(9)18-16(10)21/h2-7,20H,1H3,(H,18,21)/b10-4+. The number of anilines is 1. The van der Waals surface area contributed by atoms with E-state index in [9.17, 15) is 20.0 Å². The summed E-state index contributed by atoms with van der Waals surface area (Å²) in [7, 11) is 1.43. The average molecular weight is 347 g/mol. The number of phenols is 1. The molecule has 7 nitrogen and oxygen atoms in total. The second-order valence-corrected chi connectivity index (χ2v) is 5.46. The summed E-state index contributed by atoms with van der Waals surface area (Å²) in [6, 6.07) is 7.24. The number of aromatic hydroxyl groups is 1. The molecule has 8 heteroatoms. The van der Waals surface area contributed by atoms with Gasteiger partial charge in [0, 0.05) is 17.2 Å². The number of carbonyl (C=O) groups is 1. The van der Waals surface area contributed by atoms with Crippen LogP contribution in [0.2, 0.25) is 5.02 Å². The van der Waals surface area contributed by atoms with Gasteiger partial charge in [-0.1, -0.05) is 17.7 Å². The molecule has 0 aliphatic carbocycles. The largest absolute Gasteiger partial charge is 0.504 e. The van der Waals surface area contributed by atoms with Gasteiger partial charge in [0.2, 0.25) is 0 Å². The minimum atomic E-state index is -0.609. The molecule has 0 saturated carbocycles. The molecule has 0 unspecified atom stereocenters. The summed E-state index contributed by atoms with van der Waals surface area (Å²) in [5, 5.41) is 23.4. The van der Waals surface area contributed by atoms with Gasteiger partial charge in [0.15, 0.2) is 11.5 Å². The molecule has 0 spiro atoms. The fraction of sp³-hybridized carbons (Fsp3) is 0.0625. The van der Waals surface area contributed by atoms with Gasteiger partial charge in [-0.15, -0.1) is 0 Å². The van der Waals surface area contributed by atoms with Crippen molar-refractivity contribution >= 4 is 40.5 Å². The Bertz CT molecular complexity index is 908. The highest BCUT2D eigenvalue weighted by Crippen LogP contribution is 2.40. The Labute approximate surface area is 141 Å². The van der Waals surface area contributed by atoms with Crippen molar-refractivity contribution in [2.75, 3.05) is 12.4 Å². The summed E-state index contributed by atoms with van der Waals surface area (Å²) in [5.74, 6) is -0.180. The van der Waals surface area contributed by atoms with Crippen LogP contribution in [-0.4, -0.2) is 23.0 Å². The third-order valence-corrected chi connectivity index (χ3v) is 3.88. The van der Waals surface area contributed by atoms with E-state index in [1.54, 1.807) is 12.1 Å². The first-order chi connectivity index (χ1) is 11.4. The number of amides is 1. The molecule has 0 radical (unpaired) electrons. The number of phenolic OH excluding ortho intramolecular Hbond substituents is 1. The molecule has 0 bridgehead atoms. The fourth-order valence-corrected chi connectivity index (χ4v) is 2.68. The number of halogens is 1. The molecule has 2 aromatic carbocycles. The number of methoxy groups -OCH3 is 1. The zero-order valence-corrected chi connectivity index (χ0v) is 13.1. The first kappa shape index (κ1) is 15.8. The van der Waals surface area contributed by atoms with Gasteiger partial charge >= 0.3 is 0 Å². The Balaban J connectivity index is 2.10. The van der Waals surface area contributed by atoms with Crippen LogP contribution in [-0.2, 0) is 4.79 Å². The average Bonchev–Trinajstić information content (AvgIpc) is 2.81. The van der Waals surface area contributed by atoms with Gasteiger partial charge in [0.1, 0.15) is 5.02 Å². The van der Waals surface area contributed by atoms with Crippen LogP contribution in [0.5, 0.6) is 11.5 Å². The minimum Gasteiger partial charge on any atom is -0.504 e. The molecule has 24 heavy (non-hydrogen) atoms. The second-order valence-electron chi connectivity index (χ2n) is 5.05. The van der Waals surface area contributed by atoms with Crippen LogP contribution in [0.4, 0.5) is 11.4 Å². The van der Waals surface area contributed by atoms with E-state index in [2.05, 4.69) is 5.32 Å². The van der Waals surface area contributed by atoms with Crippen LogP contribution < -0.4 is 10.1 Å². The maximum Gasteiger partial charge on any atom is 0.288 e. The van der Waals surface area contributed by atoms with Crippen LogP contribution in [0.25, 0.3) is 11.6 Å². The summed E-state index contributed by atoms with van der Waals surface area (Å²) >= 11 is 5.85. The van der Waals surface area contributed by atoms with E-state index in [-0.39, 0.29) is 22.0 Å². The molecule has 0 saturated heterocycles. The topological polar surface area (TPSA) is 102 Å². The first-order valence-electron chi connectivity index (χ1n) is 6.79. The molecule has 1 amide bonds. The molecule has 2 aromatic rings. The van der Waals surface area contributed by atoms with Crippen LogP contribution in [0.15, 0.2) is 30.3 Å². The van der Waals surface area contributed by atoms with E-state index >= 15 is 0 Å². The SMILES string of the molecule is COc1ccc(/C=C2/C(=O)Nc3cc(Cl)c([N+](=O)[O-])cc32)cc1O. The Morgan fingerprint density at radius 2 is 2.08 bits per heavy atom. The number of carbonyl (C=O) groups excluding carboxylic acids is 1. The molecular formula is C16H11ClN2O5. The van der Waals surface area contributed by atoms with Gasteiger partial charge in [-0.2, -0.15) is 0 Å². The maximum atomic E-state index is 12.2. The van der Waals surface area contributed by atoms with Crippen molar-refractivity contribution in [3.05, 3.63) is 56.6 Å². The van der Waals surface area contributed by atoms with E-state index < -0.39 is 10.8 Å². The van der Waals surface area contributed by atoms with E-state index in [1.165, 1.54) is 31.4 Å².